The van der Waals surface area contributed by atoms with Gasteiger partial charge in [-0.1, -0.05) is 60.7 Å². The molecule has 1 aliphatic rings. The van der Waals surface area contributed by atoms with Crippen LogP contribution in [0.2, 0.25) is 0 Å². The summed E-state index contributed by atoms with van der Waals surface area (Å²) in [5.41, 5.74) is 3.20. The van der Waals surface area contributed by atoms with E-state index in [2.05, 4.69) is 9.97 Å². The van der Waals surface area contributed by atoms with Crippen molar-refractivity contribution >= 4 is 11.9 Å². The van der Waals surface area contributed by atoms with E-state index in [4.69, 9.17) is 4.74 Å². The number of hydrogen-bond donors (Lipinski definition) is 1. The molecule has 1 amide bonds. The van der Waals surface area contributed by atoms with Crippen molar-refractivity contribution in [3.05, 3.63) is 89.5 Å². The quantitative estimate of drug-likeness (QED) is 0.712. The van der Waals surface area contributed by atoms with Crippen LogP contribution in [0.4, 0.5) is 0 Å². The van der Waals surface area contributed by atoms with Gasteiger partial charge in [0.25, 0.3) is 0 Å². The zero-order valence-corrected chi connectivity index (χ0v) is 15.5. The fraction of sp³-hybridized carbons (Fsp3) is 0.227. The zero-order chi connectivity index (χ0) is 19.5. The minimum atomic E-state index is -0.845. The van der Waals surface area contributed by atoms with E-state index in [0.29, 0.717) is 18.7 Å². The third-order valence-electron chi connectivity index (χ3n) is 5.15. The maximum Gasteiger partial charge on any atom is 0.334 e. The molecule has 1 atom stereocenters. The molecule has 1 aromatic heterocycles. The Morgan fingerprint density at radius 2 is 1.68 bits per heavy atom. The highest BCUT2D eigenvalue weighted by Crippen LogP contribution is 2.34. The average molecular weight is 375 g/mol. The van der Waals surface area contributed by atoms with Crippen LogP contribution in [0, 0.1) is 0 Å². The van der Waals surface area contributed by atoms with Gasteiger partial charge in [-0.3, -0.25) is 4.79 Å². The monoisotopic (exact) mass is 375 g/mol. The van der Waals surface area contributed by atoms with Crippen molar-refractivity contribution in [2.75, 3.05) is 13.7 Å². The molecule has 0 saturated heterocycles. The summed E-state index contributed by atoms with van der Waals surface area (Å²) in [7, 11) is 1.33. The normalized spacial score (nSPS) is 15.9. The number of ether oxygens (including phenoxy) is 1. The molecule has 0 saturated carbocycles. The van der Waals surface area contributed by atoms with Crippen LogP contribution in [-0.4, -0.2) is 40.4 Å². The minimum absolute atomic E-state index is 0.138. The lowest BCUT2D eigenvalue weighted by Crippen LogP contribution is -2.46. The molecule has 0 aliphatic carbocycles. The van der Waals surface area contributed by atoms with Gasteiger partial charge in [-0.25, -0.2) is 9.78 Å². The highest BCUT2D eigenvalue weighted by molar-refractivity contribution is 5.92. The summed E-state index contributed by atoms with van der Waals surface area (Å²) in [6, 6.07) is 18.4. The van der Waals surface area contributed by atoms with E-state index in [0.717, 1.165) is 16.8 Å². The summed E-state index contributed by atoms with van der Waals surface area (Å²) in [5, 5.41) is 0. The van der Waals surface area contributed by atoms with Crippen LogP contribution in [-0.2, 0) is 20.7 Å². The van der Waals surface area contributed by atoms with E-state index in [1.165, 1.54) is 7.11 Å². The second-order valence-corrected chi connectivity index (χ2v) is 6.73. The molecule has 0 fully saturated rings. The van der Waals surface area contributed by atoms with Crippen molar-refractivity contribution in [3.63, 3.8) is 0 Å². The topological polar surface area (TPSA) is 75.3 Å². The van der Waals surface area contributed by atoms with Crippen LogP contribution in [0.3, 0.4) is 0 Å². The lowest BCUT2D eigenvalue weighted by atomic mass is 9.88. The fourth-order valence-corrected chi connectivity index (χ4v) is 3.80. The van der Waals surface area contributed by atoms with Crippen LogP contribution < -0.4 is 0 Å². The van der Waals surface area contributed by atoms with Crippen molar-refractivity contribution in [2.24, 2.45) is 0 Å². The minimum Gasteiger partial charge on any atom is -0.467 e. The molecule has 0 bridgehead atoms. The van der Waals surface area contributed by atoms with Gasteiger partial charge in [-0.05, 0) is 11.1 Å². The molecule has 6 heteroatoms. The van der Waals surface area contributed by atoms with E-state index >= 15 is 0 Å². The SMILES string of the molecule is COC(=O)C1c2nc[nH]c2CCN1C(=O)C(c1ccccc1)c1ccccc1. The van der Waals surface area contributed by atoms with Gasteiger partial charge in [-0.15, -0.1) is 0 Å². The largest absolute Gasteiger partial charge is 0.467 e. The Balaban J connectivity index is 1.77. The van der Waals surface area contributed by atoms with Crippen LogP contribution >= 0.6 is 0 Å². The lowest BCUT2D eigenvalue weighted by molar-refractivity contribution is -0.154. The number of benzene rings is 2. The molecule has 0 spiro atoms. The molecule has 0 radical (unpaired) electrons. The summed E-state index contributed by atoms with van der Waals surface area (Å²) >= 11 is 0. The molecule has 2 aromatic carbocycles. The summed E-state index contributed by atoms with van der Waals surface area (Å²) in [4.78, 5) is 35.3. The number of H-pyrrole nitrogens is 1. The number of rotatable bonds is 4. The second-order valence-electron chi connectivity index (χ2n) is 6.73. The van der Waals surface area contributed by atoms with Gasteiger partial charge in [-0.2, -0.15) is 0 Å². The maximum atomic E-state index is 13.7. The molecule has 28 heavy (non-hydrogen) atoms. The standard InChI is InChI=1S/C22H21N3O3/c1-28-22(27)20-19-17(23-14-24-19)12-13-25(20)21(26)18(15-8-4-2-5-9-15)16-10-6-3-7-11-16/h2-11,14,18,20H,12-13H2,1H3,(H,23,24). The van der Waals surface area contributed by atoms with Gasteiger partial charge in [0.15, 0.2) is 6.04 Å². The smallest absolute Gasteiger partial charge is 0.334 e. The lowest BCUT2D eigenvalue weighted by Gasteiger charge is -2.35. The van der Waals surface area contributed by atoms with E-state index in [-0.39, 0.29) is 5.91 Å². The van der Waals surface area contributed by atoms with E-state index < -0.39 is 17.9 Å². The van der Waals surface area contributed by atoms with Crippen molar-refractivity contribution in [3.8, 4) is 0 Å². The number of esters is 1. The Bertz CT molecular complexity index is 929. The number of imidazole rings is 1. The number of amides is 1. The Morgan fingerprint density at radius 3 is 2.25 bits per heavy atom. The molecule has 4 rings (SSSR count). The summed E-state index contributed by atoms with van der Waals surface area (Å²) in [6.07, 6.45) is 2.17. The zero-order valence-electron chi connectivity index (χ0n) is 15.5. The number of hydrogen-bond acceptors (Lipinski definition) is 4. The van der Waals surface area contributed by atoms with Gasteiger partial charge < -0.3 is 14.6 Å². The number of carbonyl (C=O) groups excluding carboxylic acids is 2. The van der Waals surface area contributed by atoms with Crippen molar-refractivity contribution in [1.82, 2.24) is 14.9 Å². The Kier molecular flexibility index (Phi) is 4.93. The first kappa shape index (κ1) is 18.0. The number of aromatic amines is 1. The van der Waals surface area contributed by atoms with Gasteiger partial charge in [0.05, 0.1) is 25.0 Å². The number of methoxy groups -OCH3 is 1. The van der Waals surface area contributed by atoms with E-state index in [1.54, 1.807) is 11.2 Å². The van der Waals surface area contributed by atoms with Crippen molar-refractivity contribution in [2.45, 2.75) is 18.4 Å². The Morgan fingerprint density at radius 1 is 1.07 bits per heavy atom. The first-order valence-electron chi connectivity index (χ1n) is 9.21. The highest BCUT2D eigenvalue weighted by Gasteiger charge is 2.41. The molecule has 1 N–H and O–H groups in total. The summed E-state index contributed by atoms with van der Waals surface area (Å²) in [5.74, 6) is -1.13. The molecular formula is C22H21N3O3. The molecular weight excluding hydrogens is 354 g/mol. The fourth-order valence-electron chi connectivity index (χ4n) is 3.80. The second kappa shape index (κ2) is 7.68. The number of nitrogens with zero attached hydrogens (tertiary/aromatic N) is 2. The molecule has 142 valence electrons. The van der Waals surface area contributed by atoms with Gasteiger partial charge in [0.1, 0.15) is 0 Å². The molecule has 1 unspecified atom stereocenters. The molecule has 6 nitrogen and oxygen atoms in total. The first-order chi connectivity index (χ1) is 13.7. The third kappa shape index (κ3) is 3.17. The van der Waals surface area contributed by atoms with E-state index in [9.17, 15) is 9.59 Å². The number of carbonyl (C=O) groups is 2. The third-order valence-corrected chi connectivity index (χ3v) is 5.15. The van der Waals surface area contributed by atoms with Crippen LogP contribution in [0.25, 0.3) is 0 Å². The Labute approximate surface area is 163 Å². The highest BCUT2D eigenvalue weighted by atomic mass is 16.5. The van der Waals surface area contributed by atoms with Crippen LogP contribution in [0.5, 0.6) is 0 Å². The van der Waals surface area contributed by atoms with E-state index in [1.807, 2.05) is 60.7 Å². The van der Waals surface area contributed by atoms with Crippen LogP contribution in [0.15, 0.2) is 67.0 Å². The van der Waals surface area contributed by atoms with Gasteiger partial charge in [0.2, 0.25) is 5.91 Å². The maximum absolute atomic E-state index is 13.7. The van der Waals surface area contributed by atoms with Crippen LogP contribution in [0.1, 0.15) is 34.5 Å². The molecule has 3 aromatic rings. The number of fused-ring (bicyclic) bond motifs is 1. The molecule has 2 heterocycles. The number of aromatic nitrogens is 2. The summed E-state index contributed by atoms with van der Waals surface area (Å²) < 4.78 is 5.00. The predicted octanol–water partition coefficient (Wildman–Crippen LogP) is 2.84. The van der Waals surface area contributed by atoms with Gasteiger partial charge in [0, 0.05) is 18.7 Å². The Hall–Kier alpha value is -3.41. The molecule has 1 aliphatic heterocycles. The average Bonchev–Trinajstić information content (AvgIpc) is 3.23. The predicted molar refractivity (Wildman–Crippen MR) is 103 cm³/mol. The first-order valence-corrected chi connectivity index (χ1v) is 9.21. The summed E-state index contributed by atoms with van der Waals surface area (Å²) in [6.45, 7) is 0.421. The number of nitrogens with one attached hydrogen (secondary N) is 1. The van der Waals surface area contributed by atoms with Gasteiger partial charge >= 0.3 is 5.97 Å². The van der Waals surface area contributed by atoms with Crippen molar-refractivity contribution < 1.29 is 14.3 Å². The van der Waals surface area contributed by atoms with Crippen molar-refractivity contribution in [1.29, 1.82) is 0 Å².